The van der Waals surface area contributed by atoms with Crippen LogP contribution in [0.5, 0.6) is 5.75 Å². The molecule has 2 aromatic carbocycles. The number of nitrogens with zero attached hydrogens (tertiary/aromatic N) is 1. The summed E-state index contributed by atoms with van der Waals surface area (Å²) in [6.07, 6.45) is 4.25. The third kappa shape index (κ3) is 4.51. The molecule has 4 nitrogen and oxygen atoms in total. The predicted molar refractivity (Wildman–Crippen MR) is 108 cm³/mol. The second-order valence-electron chi connectivity index (χ2n) is 7.73. The van der Waals surface area contributed by atoms with E-state index < -0.39 is 0 Å². The van der Waals surface area contributed by atoms with Crippen molar-refractivity contribution in [2.75, 3.05) is 20.2 Å². The number of hydrogen-bond donors (Lipinski definition) is 1. The SMILES string of the molecule is COc1ccccc1-c1cccc(CN2CCC(NC(=O)C3CC3)CC2)c1. The summed E-state index contributed by atoms with van der Waals surface area (Å²) in [5.74, 6) is 1.49. The topological polar surface area (TPSA) is 41.6 Å². The fraction of sp³-hybridized carbons (Fsp3) is 0.435. The van der Waals surface area contributed by atoms with Gasteiger partial charge in [-0.1, -0.05) is 36.4 Å². The number of likely N-dealkylation sites (tertiary alicyclic amines) is 1. The maximum Gasteiger partial charge on any atom is 0.223 e. The molecule has 4 heteroatoms. The Morgan fingerprint density at radius 3 is 2.59 bits per heavy atom. The number of methoxy groups -OCH3 is 1. The van der Waals surface area contributed by atoms with E-state index in [1.807, 2.05) is 18.2 Å². The average Bonchev–Trinajstić information content (AvgIpc) is 3.55. The second-order valence-corrected chi connectivity index (χ2v) is 7.73. The molecule has 0 aromatic heterocycles. The summed E-state index contributed by atoms with van der Waals surface area (Å²) in [6, 6.07) is 17.2. The van der Waals surface area contributed by atoms with E-state index in [0.29, 0.717) is 12.0 Å². The van der Waals surface area contributed by atoms with Crippen LogP contribution in [0.1, 0.15) is 31.2 Å². The zero-order valence-corrected chi connectivity index (χ0v) is 16.0. The molecule has 0 atom stereocenters. The summed E-state index contributed by atoms with van der Waals surface area (Å²) < 4.78 is 5.51. The highest BCUT2D eigenvalue weighted by atomic mass is 16.5. The molecule has 1 heterocycles. The van der Waals surface area contributed by atoms with E-state index in [1.165, 1.54) is 11.1 Å². The van der Waals surface area contributed by atoms with Crippen LogP contribution >= 0.6 is 0 Å². The maximum atomic E-state index is 11.9. The quantitative estimate of drug-likeness (QED) is 0.846. The Bertz CT molecular complexity index is 792. The molecule has 1 saturated carbocycles. The van der Waals surface area contributed by atoms with Gasteiger partial charge in [0.15, 0.2) is 0 Å². The van der Waals surface area contributed by atoms with Crippen LogP contribution in [0.2, 0.25) is 0 Å². The van der Waals surface area contributed by atoms with Crippen molar-refractivity contribution < 1.29 is 9.53 Å². The molecular formula is C23H28N2O2. The van der Waals surface area contributed by atoms with Gasteiger partial charge in [0, 0.05) is 37.2 Å². The molecule has 1 aliphatic carbocycles. The van der Waals surface area contributed by atoms with Crippen molar-refractivity contribution in [1.82, 2.24) is 10.2 Å². The first-order valence-electron chi connectivity index (χ1n) is 9.98. The molecule has 0 radical (unpaired) electrons. The highest BCUT2D eigenvalue weighted by Gasteiger charge is 2.31. The monoisotopic (exact) mass is 364 g/mol. The fourth-order valence-corrected chi connectivity index (χ4v) is 3.88. The lowest BCUT2D eigenvalue weighted by atomic mass is 10.0. The minimum atomic E-state index is 0.276. The lowest BCUT2D eigenvalue weighted by Crippen LogP contribution is -2.44. The zero-order valence-electron chi connectivity index (χ0n) is 16.0. The first-order valence-corrected chi connectivity index (χ1v) is 9.98. The normalized spacial score (nSPS) is 18.3. The van der Waals surface area contributed by atoms with Crippen LogP contribution in [0, 0.1) is 5.92 Å². The number of amides is 1. The number of rotatable bonds is 6. The molecule has 2 aliphatic rings. The molecule has 2 aromatic rings. The summed E-state index contributed by atoms with van der Waals surface area (Å²) in [4.78, 5) is 14.4. The number of benzene rings is 2. The number of piperidine rings is 1. The lowest BCUT2D eigenvalue weighted by molar-refractivity contribution is -0.123. The van der Waals surface area contributed by atoms with Gasteiger partial charge in [-0.05, 0) is 48.9 Å². The summed E-state index contributed by atoms with van der Waals surface area (Å²) in [6.45, 7) is 3.02. The summed E-state index contributed by atoms with van der Waals surface area (Å²) in [5, 5.41) is 3.23. The second kappa shape index (κ2) is 8.13. The molecule has 1 N–H and O–H groups in total. The number of para-hydroxylation sites is 1. The van der Waals surface area contributed by atoms with Crippen LogP contribution in [0.25, 0.3) is 11.1 Å². The molecule has 27 heavy (non-hydrogen) atoms. The Morgan fingerprint density at radius 2 is 1.85 bits per heavy atom. The molecule has 0 bridgehead atoms. The molecule has 0 unspecified atom stereocenters. The van der Waals surface area contributed by atoms with Crippen LogP contribution in [0.15, 0.2) is 48.5 Å². The van der Waals surface area contributed by atoms with Crippen molar-refractivity contribution >= 4 is 5.91 Å². The standard InChI is InChI=1S/C23H28N2O2/c1-27-22-8-3-2-7-21(22)19-6-4-5-17(15-19)16-25-13-11-20(12-14-25)24-23(26)18-9-10-18/h2-8,15,18,20H,9-14,16H2,1H3,(H,24,26). The van der Waals surface area contributed by atoms with E-state index >= 15 is 0 Å². The highest BCUT2D eigenvalue weighted by Crippen LogP contribution is 2.31. The van der Waals surface area contributed by atoms with Gasteiger partial charge in [0.1, 0.15) is 5.75 Å². The Hall–Kier alpha value is -2.33. The molecule has 142 valence electrons. The van der Waals surface area contributed by atoms with Crippen molar-refractivity contribution in [2.24, 2.45) is 5.92 Å². The van der Waals surface area contributed by atoms with Crippen molar-refractivity contribution in [3.8, 4) is 16.9 Å². The highest BCUT2D eigenvalue weighted by molar-refractivity contribution is 5.81. The van der Waals surface area contributed by atoms with Gasteiger partial charge >= 0.3 is 0 Å². The molecule has 1 saturated heterocycles. The number of carbonyl (C=O) groups is 1. The molecule has 0 spiro atoms. The van der Waals surface area contributed by atoms with Crippen molar-refractivity contribution in [2.45, 2.75) is 38.3 Å². The van der Waals surface area contributed by atoms with Gasteiger partial charge < -0.3 is 10.1 Å². The van der Waals surface area contributed by atoms with Crippen LogP contribution in [0.4, 0.5) is 0 Å². The third-order valence-electron chi connectivity index (χ3n) is 5.63. The number of carbonyl (C=O) groups excluding carboxylic acids is 1. The van der Waals surface area contributed by atoms with Crippen LogP contribution in [0.3, 0.4) is 0 Å². The fourth-order valence-electron chi connectivity index (χ4n) is 3.88. The van der Waals surface area contributed by atoms with Crippen molar-refractivity contribution in [3.63, 3.8) is 0 Å². The smallest absolute Gasteiger partial charge is 0.223 e. The van der Waals surface area contributed by atoms with Gasteiger partial charge in [0.25, 0.3) is 0 Å². The largest absolute Gasteiger partial charge is 0.496 e. The van der Waals surface area contributed by atoms with Gasteiger partial charge in [0.05, 0.1) is 7.11 Å². The average molecular weight is 364 g/mol. The van der Waals surface area contributed by atoms with E-state index in [0.717, 1.165) is 56.6 Å². The van der Waals surface area contributed by atoms with E-state index in [-0.39, 0.29) is 5.91 Å². The minimum Gasteiger partial charge on any atom is -0.496 e. The molecular weight excluding hydrogens is 336 g/mol. The van der Waals surface area contributed by atoms with Crippen LogP contribution < -0.4 is 10.1 Å². The molecule has 1 amide bonds. The first kappa shape index (κ1) is 18.1. The summed E-state index contributed by atoms with van der Waals surface area (Å²) >= 11 is 0. The summed E-state index contributed by atoms with van der Waals surface area (Å²) in [7, 11) is 1.72. The van der Waals surface area contributed by atoms with E-state index in [2.05, 4.69) is 40.5 Å². The Kier molecular flexibility index (Phi) is 5.44. The maximum absolute atomic E-state index is 11.9. The van der Waals surface area contributed by atoms with Crippen LogP contribution in [-0.4, -0.2) is 37.0 Å². The predicted octanol–water partition coefficient (Wildman–Crippen LogP) is 3.85. The minimum absolute atomic E-state index is 0.276. The van der Waals surface area contributed by atoms with Gasteiger partial charge in [-0.3, -0.25) is 9.69 Å². The number of hydrogen-bond acceptors (Lipinski definition) is 3. The van der Waals surface area contributed by atoms with E-state index in [4.69, 9.17) is 4.74 Å². The number of nitrogens with one attached hydrogen (secondary N) is 1. The summed E-state index contributed by atoms with van der Waals surface area (Å²) in [5.41, 5.74) is 3.64. The van der Waals surface area contributed by atoms with Gasteiger partial charge in [0.2, 0.25) is 5.91 Å². The van der Waals surface area contributed by atoms with Gasteiger partial charge in [-0.15, -0.1) is 0 Å². The first-order chi connectivity index (χ1) is 13.2. The van der Waals surface area contributed by atoms with Crippen LogP contribution in [-0.2, 0) is 11.3 Å². The molecule has 1 aliphatic heterocycles. The van der Waals surface area contributed by atoms with Gasteiger partial charge in [-0.25, -0.2) is 0 Å². The molecule has 2 fully saturated rings. The van der Waals surface area contributed by atoms with Gasteiger partial charge in [-0.2, -0.15) is 0 Å². The zero-order chi connectivity index (χ0) is 18.6. The van der Waals surface area contributed by atoms with Crippen molar-refractivity contribution in [3.05, 3.63) is 54.1 Å². The lowest BCUT2D eigenvalue weighted by Gasteiger charge is -2.32. The number of ether oxygens (including phenoxy) is 1. The molecule has 4 rings (SSSR count). The Balaban J connectivity index is 1.36. The van der Waals surface area contributed by atoms with E-state index in [1.54, 1.807) is 7.11 Å². The van der Waals surface area contributed by atoms with Crippen molar-refractivity contribution in [1.29, 1.82) is 0 Å². The van der Waals surface area contributed by atoms with E-state index in [9.17, 15) is 4.79 Å². The Morgan fingerprint density at radius 1 is 1.07 bits per heavy atom. The third-order valence-corrected chi connectivity index (χ3v) is 5.63. The Labute approximate surface area is 161 Å².